The monoisotopic (exact) mass is 426 g/mol. The normalized spacial score (nSPS) is 14.7. The quantitative estimate of drug-likeness (QED) is 0.755. The van der Waals surface area contributed by atoms with E-state index in [1.54, 1.807) is 0 Å². The summed E-state index contributed by atoms with van der Waals surface area (Å²) in [5, 5.41) is 2.73. The Hall–Kier alpha value is -3.07. The van der Waals surface area contributed by atoms with Crippen LogP contribution in [0.1, 0.15) is 22.8 Å². The topological polar surface area (TPSA) is 75.7 Å². The van der Waals surface area contributed by atoms with Gasteiger partial charge in [-0.05, 0) is 49.4 Å². The van der Waals surface area contributed by atoms with Crippen molar-refractivity contribution in [1.82, 2.24) is 0 Å². The number of nitrogens with one attached hydrogen (secondary N) is 1. The highest BCUT2D eigenvalue weighted by molar-refractivity contribution is 6.30. The van der Waals surface area contributed by atoms with Gasteiger partial charge in [-0.25, -0.2) is 4.79 Å². The standard InChI is InChI=1S/C19H14ClF3N2O4/c1-10(29-18(28)11-2-5-13(20)6-3-11)17(27)25-9-16(26)24-14-8-12(19(21,22)23)4-7-15(14)25/h2-8,10H,9H2,1H3,(H,24,26). The molecule has 2 aromatic carbocycles. The predicted octanol–water partition coefficient (Wildman–Crippen LogP) is 3.89. The van der Waals surface area contributed by atoms with E-state index in [9.17, 15) is 27.6 Å². The van der Waals surface area contributed by atoms with E-state index in [0.717, 1.165) is 23.1 Å². The lowest BCUT2D eigenvalue weighted by Crippen LogP contribution is -2.47. The van der Waals surface area contributed by atoms with Crippen LogP contribution < -0.4 is 10.2 Å². The number of fused-ring (bicyclic) bond motifs is 1. The number of carbonyl (C=O) groups excluding carboxylic acids is 3. The number of benzene rings is 2. The Bertz CT molecular complexity index is 976. The summed E-state index contributed by atoms with van der Waals surface area (Å²) in [6, 6.07) is 8.44. The summed E-state index contributed by atoms with van der Waals surface area (Å²) in [6.45, 7) is 0.895. The first-order valence-electron chi connectivity index (χ1n) is 8.35. The average Bonchev–Trinajstić information content (AvgIpc) is 2.65. The van der Waals surface area contributed by atoms with Crippen molar-refractivity contribution in [1.29, 1.82) is 0 Å². The fourth-order valence-corrected chi connectivity index (χ4v) is 2.87. The van der Waals surface area contributed by atoms with Crippen LogP contribution in [0, 0.1) is 0 Å². The zero-order chi connectivity index (χ0) is 21.3. The Kier molecular flexibility index (Phi) is 5.52. The third-order valence-electron chi connectivity index (χ3n) is 4.17. The molecule has 0 aliphatic carbocycles. The van der Waals surface area contributed by atoms with Gasteiger partial charge in [0.15, 0.2) is 6.10 Å². The van der Waals surface area contributed by atoms with Crippen LogP contribution >= 0.6 is 11.6 Å². The maximum Gasteiger partial charge on any atom is 0.416 e. The first-order chi connectivity index (χ1) is 13.6. The van der Waals surface area contributed by atoms with Gasteiger partial charge in [-0.15, -0.1) is 0 Å². The number of amides is 2. The van der Waals surface area contributed by atoms with Crippen LogP contribution in [0.5, 0.6) is 0 Å². The Balaban J connectivity index is 1.81. The lowest BCUT2D eigenvalue weighted by Gasteiger charge is -2.31. The maximum atomic E-state index is 12.9. The zero-order valence-corrected chi connectivity index (χ0v) is 15.7. The number of hydrogen-bond donors (Lipinski definition) is 1. The van der Waals surface area contributed by atoms with Crippen molar-refractivity contribution in [2.75, 3.05) is 16.8 Å². The number of carbonyl (C=O) groups is 3. The van der Waals surface area contributed by atoms with Gasteiger partial charge in [0, 0.05) is 5.02 Å². The first-order valence-corrected chi connectivity index (χ1v) is 8.73. The molecule has 0 aromatic heterocycles. The molecule has 6 nitrogen and oxygen atoms in total. The van der Waals surface area contributed by atoms with E-state index in [4.69, 9.17) is 16.3 Å². The van der Waals surface area contributed by atoms with Gasteiger partial charge in [0.2, 0.25) is 5.91 Å². The van der Waals surface area contributed by atoms with Gasteiger partial charge >= 0.3 is 12.1 Å². The van der Waals surface area contributed by atoms with Crippen LogP contribution in [0.4, 0.5) is 24.5 Å². The number of esters is 1. The molecule has 1 aliphatic heterocycles. The lowest BCUT2D eigenvalue weighted by atomic mass is 10.1. The highest BCUT2D eigenvalue weighted by atomic mass is 35.5. The van der Waals surface area contributed by atoms with Crippen molar-refractivity contribution < 1.29 is 32.3 Å². The molecule has 0 saturated heterocycles. The van der Waals surface area contributed by atoms with Gasteiger partial charge in [-0.3, -0.25) is 14.5 Å². The number of rotatable bonds is 3. The van der Waals surface area contributed by atoms with Crippen LogP contribution in [0.25, 0.3) is 0 Å². The molecule has 29 heavy (non-hydrogen) atoms. The molecule has 3 rings (SSSR count). The Labute approximate surface area is 168 Å². The predicted molar refractivity (Wildman–Crippen MR) is 98.8 cm³/mol. The zero-order valence-electron chi connectivity index (χ0n) is 14.9. The molecular weight excluding hydrogens is 413 g/mol. The van der Waals surface area contributed by atoms with Crippen molar-refractivity contribution in [3.8, 4) is 0 Å². The number of nitrogens with zero attached hydrogens (tertiary/aromatic N) is 1. The van der Waals surface area contributed by atoms with Crippen molar-refractivity contribution >= 4 is 40.8 Å². The molecule has 1 unspecified atom stereocenters. The Morgan fingerprint density at radius 3 is 2.45 bits per heavy atom. The van der Waals surface area contributed by atoms with E-state index in [0.29, 0.717) is 5.02 Å². The highest BCUT2D eigenvalue weighted by Gasteiger charge is 2.35. The molecule has 0 bridgehead atoms. The van der Waals surface area contributed by atoms with E-state index < -0.39 is 42.2 Å². The molecule has 0 spiro atoms. The minimum Gasteiger partial charge on any atom is -0.449 e. The molecule has 0 fully saturated rings. The average molecular weight is 427 g/mol. The second kappa shape index (κ2) is 7.75. The minimum atomic E-state index is -4.60. The summed E-state index contributed by atoms with van der Waals surface area (Å²) in [5.74, 6) is -2.19. The van der Waals surface area contributed by atoms with Gasteiger partial charge in [-0.1, -0.05) is 11.6 Å². The Morgan fingerprint density at radius 2 is 1.83 bits per heavy atom. The molecule has 2 amide bonds. The van der Waals surface area contributed by atoms with Crippen LogP contribution in [-0.2, 0) is 20.5 Å². The summed E-state index contributed by atoms with van der Waals surface area (Å²) in [7, 11) is 0. The summed E-state index contributed by atoms with van der Waals surface area (Å²) in [5.41, 5.74) is -0.869. The maximum absolute atomic E-state index is 12.9. The molecule has 1 aliphatic rings. The van der Waals surface area contributed by atoms with Crippen molar-refractivity contribution in [3.63, 3.8) is 0 Å². The van der Waals surface area contributed by atoms with Gasteiger partial charge in [0.05, 0.1) is 22.5 Å². The minimum absolute atomic E-state index is 0.0805. The van der Waals surface area contributed by atoms with E-state index in [2.05, 4.69) is 5.32 Å². The van der Waals surface area contributed by atoms with Crippen molar-refractivity contribution in [3.05, 3.63) is 58.6 Å². The second-order valence-electron chi connectivity index (χ2n) is 6.26. The molecule has 1 heterocycles. The highest BCUT2D eigenvalue weighted by Crippen LogP contribution is 2.37. The van der Waals surface area contributed by atoms with E-state index >= 15 is 0 Å². The van der Waals surface area contributed by atoms with Crippen molar-refractivity contribution in [2.45, 2.75) is 19.2 Å². The lowest BCUT2D eigenvalue weighted by molar-refractivity contribution is -0.137. The molecule has 2 aromatic rings. The van der Waals surface area contributed by atoms with Crippen LogP contribution in [0.2, 0.25) is 5.02 Å². The van der Waals surface area contributed by atoms with Crippen LogP contribution in [-0.4, -0.2) is 30.4 Å². The molecule has 10 heteroatoms. The summed E-state index contributed by atoms with van der Waals surface area (Å²) in [6.07, 6.45) is -5.88. The molecule has 1 N–H and O–H groups in total. The van der Waals surface area contributed by atoms with Crippen molar-refractivity contribution in [2.24, 2.45) is 0 Å². The molecular formula is C19H14ClF3N2O4. The smallest absolute Gasteiger partial charge is 0.416 e. The number of hydrogen-bond acceptors (Lipinski definition) is 4. The van der Waals surface area contributed by atoms with Gasteiger partial charge in [0.1, 0.15) is 6.54 Å². The molecule has 1 atom stereocenters. The third kappa shape index (κ3) is 4.51. The van der Waals surface area contributed by atoms with Gasteiger partial charge in [0.25, 0.3) is 5.91 Å². The van der Waals surface area contributed by atoms with Crippen LogP contribution in [0.15, 0.2) is 42.5 Å². The van der Waals surface area contributed by atoms with Gasteiger partial charge in [-0.2, -0.15) is 13.2 Å². The van der Waals surface area contributed by atoms with E-state index in [1.807, 2.05) is 0 Å². The largest absolute Gasteiger partial charge is 0.449 e. The van der Waals surface area contributed by atoms with E-state index in [1.165, 1.54) is 31.2 Å². The number of halogens is 4. The van der Waals surface area contributed by atoms with Crippen LogP contribution in [0.3, 0.4) is 0 Å². The summed E-state index contributed by atoms with van der Waals surface area (Å²) >= 11 is 5.75. The molecule has 152 valence electrons. The number of ether oxygens (including phenoxy) is 1. The van der Waals surface area contributed by atoms with Gasteiger partial charge < -0.3 is 10.1 Å². The first kappa shape index (κ1) is 20.7. The fraction of sp³-hybridized carbons (Fsp3) is 0.211. The molecule has 0 saturated carbocycles. The number of anilines is 2. The SMILES string of the molecule is CC(OC(=O)c1ccc(Cl)cc1)C(=O)N1CC(=O)Nc2cc(C(F)(F)F)ccc21. The van der Waals surface area contributed by atoms with E-state index in [-0.39, 0.29) is 16.9 Å². The Morgan fingerprint density at radius 1 is 1.17 bits per heavy atom. The summed E-state index contributed by atoms with van der Waals surface area (Å²) < 4.78 is 43.9. The molecule has 0 radical (unpaired) electrons. The fourth-order valence-electron chi connectivity index (χ4n) is 2.75. The third-order valence-corrected chi connectivity index (χ3v) is 4.42. The second-order valence-corrected chi connectivity index (χ2v) is 6.69. The summed E-state index contributed by atoms with van der Waals surface area (Å²) in [4.78, 5) is 37.8. The number of alkyl halides is 3.